The van der Waals surface area contributed by atoms with Crippen LogP contribution in [0.2, 0.25) is 0 Å². The molecule has 1 unspecified atom stereocenters. The summed E-state index contributed by atoms with van der Waals surface area (Å²) in [4.78, 5) is 0. The minimum Gasteiger partial charge on any atom is -0.435 e. The SMILES string of the molecule is Cc1ccc(F)cc1NC(C)c1cccc(OC(F)F)c1. The molecule has 21 heavy (non-hydrogen) atoms. The van der Waals surface area contributed by atoms with Crippen LogP contribution in [0.15, 0.2) is 42.5 Å². The van der Waals surface area contributed by atoms with Gasteiger partial charge in [0.15, 0.2) is 0 Å². The van der Waals surface area contributed by atoms with Crippen LogP contribution >= 0.6 is 0 Å². The lowest BCUT2D eigenvalue weighted by molar-refractivity contribution is -0.0498. The van der Waals surface area contributed by atoms with Crippen LogP contribution in [0.5, 0.6) is 5.75 Å². The highest BCUT2D eigenvalue weighted by Gasteiger charge is 2.10. The van der Waals surface area contributed by atoms with Gasteiger partial charge >= 0.3 is 6.61 Å². The van der Waals surface area contributed by atoms with E-state index in [1.54, 1.807) is 24.3 Å². The third-order valence-electron chi connectivity index (χ3n) is 3.15. The van der Waals surface area contributed by atoms with E-state index in [1.807, 2.05) is 13.8 Å². The van der Waals surface area contributed by atoms with Gasteiger partial charge in [0.25, 0.3) is 0 Å². The van der Waals surface area contributed by atoms with Crippen LogP contribution in [-0.4, -0.2) is 6.61 Å². The van der Waals surface area contributed by atoms with Crippen LogP contribution in [-0.2, 0) is 0 Å². The molecule has 0 aromatic heterocycles. The average Bonchev–Trinajstić information content (AvgIpc) is 2.42. The molecule has 0 aliphatic heterocycles. The fourth-order valence-electron chi connectivity index (χ4n) is 2.03. The Hall–Kier alpha value is -2.17. The van der Waals surface area contributed by atoms with E-state index in [2.05, 4.69) is 10.1 Å². The van der Waals surface area contributed by atoms with Crippen LogP contribution < -0.4 is 10.1 Å². The maximum Gasteiger partial charge on any atom is 0.387 e. The molecule has 5 heteroatoms. The molecule has 2 aromatic rings. The van der Waals surface area contributed by atoms with Gasteiger partial charge in [-0.1, -0.05) is 18.2 Å². The molecule has 0 heterocycles. The first-order valence-electron chi connectivity index (χ1n) is 6.53. The number of halogens is 3. The third kappa shape index (κ3) is 4.15. The summed E-state index contributed by atoms with van der Waals surface area (Å²) < 4.78 is 42.1. The van der Waals surface area contributed by atoms with Gasteiger partial charge in [-0.2, -0.15) is 8.78 Å². The van der Waals surface area contributed by atoms with Gasteiger partial charge in [0.05, 0.1) is 0 Å². The second kappa shape index (κ2) is 6.52. The first-order valence-corrected chi connectivity index (χ1v) is 6.53. The summed E-state index contributed by atoms with van der Waals surface area (Å²) >= 11 is 0. The Bertz CT molecular complexity index is 616. The lowest BCUT2D eigenvalue weighted by Gasteiger charge is -2.18. The molecule has 0 radical (unpaired) electrons. The zero-order valence-electron chi connectivity index (χ0n) is 11.7. The number of hydrogen-bond donors (Lipinski definition) is 1. The van der Waals surface area contributed by atoms with Gasteiger partial charge in [-0.15, -0.1) is 0 Å². The maximum absolute atomic E-state index is 13.3. The quantitative estimate of drug-likeness (QED) is 0.846. The van der Waals surface area contributed by atoms with E-state index < -0.39 is 6.61 Å². The Labute approximate surface area is 121 Å². The van der Waals surface area contributed by atoms with Gasteiger partial charge in [0.1, 0.15) is 11.6 Å². The highest BCUT2D eigenvalue weighted by atomic mass is 19.3. The summed E-state index contributed by atoms with van der Waals surface area (Å²) in [6.45, 7) is 0.880. The van der Waals surface area contributed by atoms with E-state index in [0.29, 0.717) is 5.69 Å². The van der Waals surface area contributed by atoms with Crippen molar-refractivity contribution in [2.75, 3.05) is 5.32 Å². The van der Waals surface area contributed by atoms with Crippen LogP contribution in [0.3, 0.4) is 0 Å². The predicted molar refractivity (Wildman–Crippen MR) is 76.2 cm³/mol. The Kier molecular flexibility index (Phi) is 4.73. The first-order chi connectivity index (χ1) is 9.95. The van der Waals surface area contributed by atoms with Crippen LogP contribution in [0.1, 0.15) is 24.1 Å². The van der Waals surface area contributed by atoms with Crippen molar-refractivity contribution in [1.82, 2.24) is 0 Å². The molecule has 0 aliphatic carbocycles. The van der Waals surface area contributed by atoms with Gasteiger partial charge < -0.3 is 10.1 Å². The number of anilines is 1. The molecule has 2 aromatic carbocycles. The van der Waals surface area contributed by atoms with E-state index in [-0.39, 0.29) is 17.6 Å². The number of aryl methyl sites for hydroxylation is 1. The van der Waals surface area contributed by atoms with Gasteiger partial charge in [-0.05, 0) is 49.2 Å². The number of nitrogens with one attached hydrogen (secondary N) is 1. The Balaban J connectivity index is 2.16. The minimum atomic E-state index is -2.85. The highest BCUT2D eigenvalue weighted by Crippen LogP contribution is 2.25. The lowest BCUT2D eigenvalue weighted by atomic mass is 10.1. The second-order valence-electron chi connectivity index (χ2n) is 4.78. The number of hydrogen-bond acceptors (Lipinski definition) is 2. The molecule has 2 nitrogen and oxygen atoms in total. The predicted octanol–water partition coefficient (Wildman–Crippen LogP) is 4.91. The molecule has 0 aliphatic rings. The van der Waals surface area contributed by atoms with Gasteiger partial charge in [-0.25, -0.2) is 4.39 Å². The van der Waals surface area contributed by atoms with E-state index in [0.717, 1.165) is 11.1 Å². The molecule has 112 valence electrons. The van der Waals surface area contributed by atoms with E-state index in [9.17, 15) is 13.2 Å². The standard InChI is InChI=1S/C16H16F3NO/c1-10-6-7-13(17)9-15(10)20-11(2)12-4-3-5-14(8-12)21-16(18)19/h3-9,11,16,20H,1-2H3. The topological polar surface area (TPSA) is 21.3 Å². The zero-order valence-corrected chi connectivity index (χ0v) is 11.7. The number of alkyl halides is 2. The monoisotopic (exact) mass is 295 g/mol. The Morgan fingerprint density at radius 3 is 2.57 bits per heavy atom. The Morgan fingerprint density at radius 2 is 1.86 bits per heavy atom. The highest BCUT2D eigenvalue weighted by molar-refractivity contribution is 5.52. The molecular weight excluding hydrogens is 279 g/mol. The molecule has 0 saturated carbocycles. The number of ether oxygens (including phenoxy) is 1. The van der Waals surface area contributed by atoms with Gasteiger partial charge in [0.2, 0.25) is 0 Å². The van der Waals surface area contributed by atoms with E-state index in [1.165, 1.54) is 18.2 Å². The molecule has 0 fully saturated rings. The van der Waals surface area contributed by atoms with Crippen molar-refractivity contribution in [1.29, 1.82) is 0 Å². The summed E-state index contributed by atoms with van der Waals surface area (Å²) in [7, 11) is 0. The first kappa shape index (κ1) is 15.2. The molecule has 0 amide bonds. The van der Waals surface area contributed by atoms with Crippen molar-refractivity contribution in [3.8, 4) is 5.75 Å². The molecule has 1 N–H and O–H groups in total. The summed E-state index contributed by atoms with van der Waals surface area (Å²) in [6.07, 6.45) is 0. The molecule has 2 rings (SSSR count). The summed E-state index contributed by atoms with van der Waals surface area (Å²) in [5.41, 5.74) is 2.35. The fraction of sp³-hybridized carbons (Fsp3) is 0.250. The summed E-state index contributed by atoms with van der Waals surface area (Å²) in [6, 6.07) is 10.8. The smallest absolute Gasteiger partial charge is 0.387 e. The number of rotatable bonds is 5. The Morgan fingerprint density at radius 1 is 1.10 bits per heavy atom. The van der Waals surface area contributed by atoms with Crippen molar-refractivity contribution in [2.24, 2.45) is 0 Å². The van der Waals surface area contributed by atoms with Crippen LogP contribution in [0, 0.1) is 12.7 Å². The zero-order chi connectivity index (χ0) is 15.4. The maximum atomic E-state index is 13.3. The molecule has 1 atom stereocenters. The third-order valence-corrected chi connectivity index (χ3v) is 3.15. The van der Waals surface area contributed by atoms with Crippen LogP contribution in [0.4, 0.5) is 18.9 Å². The molecular formula is C16H16F3NO. The fourth-order valence-corrected chi connectivity index (χ4v) is 2.03. The van der Waals surface area contributed by atoms with Crippen molar-refractivity contribution in [2.45, 2.75) is 26.5 Å². The van der Waals surface area contributed by atoms with Gasteiger partial charge in [-0.3, -0.25) is 0 Å². The van der Waals surface area contributed by atoms with Crippen molar-refractivity contribution < 1.29 is 17.9 Å². The molecule has 0 saturated heterocycles. The largest absolute Gasteiger partial charge is 0.435 e. The lowest BCUT2D eigenvalue weighted by Crippen LogP contribution is -2.09. The minimum absolute atomic E-state index is 0.104. The normalized spacial score (nSPS) is 12.3. The van der Waals surface area contributed by atoms with Gasteiger partial charge in [0, 0.05) is 11.7 Å². The van der Waals surface area contributed by atoms with Crippen molar-refractivity contribution >= 4 is 5.69 Å². The van der Waals surface area contributed by atoms with Crippen molar-refractivity contribution in [3.05, 3.63) is 59.4 Å². The molecule has 0 bridgehead atoms. The second-order valence-corrected chi connectivity index (χ2v) is 4.78. The average molecular weight is 295 g/mol. The van der Waals surface area contributed by atoms with E-state index >= 15 is 0 Å². The molecule has 0 spiro atoms. The van der Waals surface area contributed by atoms with Crippen LogP contribution in [0.25, 0.3) is 0 Å². The summed E-state index contributed by atoms with van der Waals surface area (Å²) in [5, 5.41) is 3.16. The summed E-state index contributed by atoms with van der Waals surface area (Å²) in [5.74, 6) is -0.225. The number of benzene rings is 2. The van der Waals surface area contributed by atoms with Crippen molar-refractivity contribution in [3.63, 3.8) is 0 Å². The van der Waals surface area contributed by atoms with E-state index in [4.69, 9.17) is 0 Å².